The maximum atomic E-state index is 11.2. The number of carboxylic acid groups (broad SMARTS) is 1. The topological polar surface area (TPSA) is 53.4 Å². The Morgan fingerprint density at radius 2 is 1.93 bits per heavy atom. The number of aromatic carboxylic acids is 1. The first-order valence-electron chi connectivity index (χ1n) is 9.89. The normalized spacial score (nSPS) is 14.0. The maximum absolute atomic E-state index is 11.2. The van der Waals surface area contributed by atoms with Gasteiger partial charge in [0.15, 0.2) is 0 Å². The first-order chi connectivity index (χ1) is 12.8. The van der Waals surface area contributed by atoms with Gasteiger partial charge < -0.3 is 10.0 Å². The number of hydrogen-bond acceptors (Lipinski definition) is 3. The van der Waals surface area contributed by atoms with Crippen molar-refractivity contribution in [2.24, 2.45) is 5.92 Å². The number of hydrogen-bond donors (Lipinski definition) is 1. The Bertz CT molecular complexity index is 821. The Morgan fingerprint density at radius 1 is 1.22 bits per heavy atom. The van der Waals surface area contributed by atoms with E-state index in [0.717, 1.165) is 18.3 Å². The molecular formula is C23H30N2O2. The van der Waals surface area contributed by atoms with Gasteiger partial charge in [0.2, 0.25) is 0 Å². The molecule has 0 aliphatic heterocycles. The lowest BCUT2D eigenvalue weighted by Gasteiger charge is -2.29. The second kappa shape index (κ2) is 7.71. The average Bonchev–Trinajstić information content (AvgIpc) is 3.44. The van der Waals surface area contributed by atoms with Crippen LogP contribution < -0.4 is 4.90 Å². The second-order valence-corrected chi connectivity index (χ2v) is 8.41. The minimum absolute atomic E-state index is 0.215. The number of aromatic nitrogens is 1. The number of anilines is 2. The number of carbonyl (C=O) groups is 1. The SMILES string of the molecule is Cc1cc(C2CC2)c(C(C)C)cc1N(CC(C)C)c1ccc(C(=O)O)cn1. The fraction of sp³-hybridized carbons (Fsp3) is 0.478. The van der Waals surface area contributed by atoms with E-state index in [9.17, 15) is 4.79 Å². The van der Waals surface area contributed by atoms with Crippen LogP contribution in [0.15, 0.2) is 30.5 Å². The van der Waals surface area contributed by atoms with E-state index in [-0.39, 0.29) is 5.56 Å². The highest BCUT2D eigenvalue weighted by Crippen LogP contribution is 2.45. The summed E-state index contributed by atoms with van der Waals surface area (Å²) >= 11 is 0. The van der Waals surface area contributed by atoms with E-state index in [1.54, 1.807) is 6.07 Å². The molecule has 1 aromatic carbocycles. The molecule has 4 nitrogen and oxygen atoms in total. The number of pyridine rings is 1. The molecule has 0 spiro atoms. The number of nitrogens with zero attached hydrogens (tertiary/aromatic N) is 2. The summed E-state index contributed by atoms with van der Waals surface area (Å²) in [4.78, 5) is 17.8. The van der Waals surface area contributed by atoms with E-state index in [1.807, 2.05) is 6.07 Å². The van der Waals surface area contributed by atoms with Gasteiger partial charge in [0.05, 0.1) is 5.56 Å². The van der Waals surface area contributed by atoms with E-state index < -0.39 is 5.97 Å². The highest BCUT2D eigenvalue weighted by atomic mass is 16.4. The highest BCUT2D eigenvalue weighted by molar-refractivity contribution is 5.87. The van der Waals surface area contributed by atoms with Crippen LogP contribution in [0.25, 0.3) is 0 Å². The molecule has 1 N–H and O–H groups in total. The van der Waals surface area contributed by atoms with E-state index in [4.69, 9.17) is 5.11 Å². The van der Waals surface area contributed by atoms with Gasteiger partial charge in [0.1, 0.15) is 5.82 Å². The molecule has 1 heterocycles. The minimum atomic E-state index is -0.948. The zero-order valence-corrected chi connectivity index (χ0v) is 17.0. The van der Waals surface area contributed by atoms with Crippen LogP contribution >= 0.6 is 0 Å². The highest BCUT2D eigenvalue weighted by Gasteiger charge is 2.28. The Kier molecular flexibility index (Phi) is 5.54. The van der Waals surface area contributed by atoms with Gasteiger partial charge in [-0.3, -0.25) is 0 Å². The van der Waals surface area contributed by atoms with Crippen molar-refractivity contribution in [1.29, 1.82) is 0 Å². The zero-order valence-electron chi connectivity index (χ0n) is 17.0. The predicted molar refractivity (Wildman–Crippen MR) is 110 cm³/mol. The van der Waals surface area contributed by atoms with Crippen LogP contribution in [0.3, 0.4) is 0 Å². The van der Waals surface area contributed by atoms with Crippen molar-refractivity contribution in [3.05, 3.63) is 52.7 Å². The summed E-state index contributed by atoms with van der Waals surface area (Å²) in [5.41, 5.74) is 5.57. The summed E-state index contributed by atoms with van der Waals surface area (Å²) in [6.45, 7) is 11.9. The average molecular weight is 367 g/mol. The standard InChI is InChI=1S/C23H30N2O2/c1-14(2)13-25(22-9-8-18(12-24-22)23(26)27)21-11-19(15(3)4)20(10-16(21)5)17-6-7-17/h8-12,14-15,17H,6-7,13H2,1-5H3,(H,26,27). The molecule has 2 aromatic rings. The molecule has 0 saturated heterocycles. The molecule has 4 heteroatoms. The molecule has 1 aliphatic carbocycles. The van der Waals surface area contributed by atoms with Gasteiger partial charge in [-0.2, -0.15) is 0 Å². The fourth-order valence-corrected chi connectivity index (χ4v) is 3.63. The second-order valence-electron chi connectivity index (χ2n) is 8.41. The molecule has 144 valence electrons. The predicted octanol–water partition coefficient (Wildman–Crippen LogP) is 5.88. The maximum Gasteiger partial charge on any atom is 0.337 e. The van der Waals surface area contributed by atoms with Crippen molar-refractivity contribution in [1.82, 2.24) is 4.98 Å². The molecule has 0 unspecified atom stereocenters. The Hall–Kier alpha value is -2.36. The molecule has 3 rings (SSSR count). The number of rotatable bonds is 7. The zero-order chi connectivity index (χ0) is 19.7. The smallest absolute Gasteiger partial charge is 0.337 e. The van der Waals surface area contributed by atoms with Crippen LogP contribution in [0.5, 0.6) is 0 Å². The molecule has 27 heavy (non-hydrogen) atoms. The van der Waals surface area contributed by atoms with Gasteiger partial charge in [0.25, 0.3) is 0 Å². The van der Waals surface area contributed by atoms with Crippen molar-refractivity contribution in [2.45, 2.75) is 59.3 Å². The largest absolute Gasteiger partial charge is 0.478 e. The van der Waals surface area contributed by atoms with Crippen LogP contribution in [0, 0.1) is 12.8 Å². The van der Waals surface area contributed by atoms with E-state index in [1.165, 1.54) is 41.4 Å². The van der Waals surface area contributed by atoms with Crippen molar-refractivity contribution >= 4 is 17.5 Å². The third-order valence-corrected chi connectivity index (χ3v) is 5.15. The van der Waals surface area contributed by atoms with E-state index in [0.29, 0.717) is 11.8 Å². The van der Waals surface area contributed by atoms with Crippen LogP contribution in [0.1, 0.15) is 79.4 Å². The molecule has 0 bridgehead atoms. The summed E-state index contributed by atoms with van der Waals surface area (Å²) in [6, 6.07) is 8.15. The lowest BCUT2D eigenvalue weighted by atomic mass is 9.91. The molecule has 1 saturated carbocycles. The molecule has 1 fully saturated rings. The molecular weight excluding hydrogens is 336 g/mol. The molecule has 0 atom stereocenters. The number of carboxylic acids is 1. The first kappa shape index (κ1) is 19.4. The van der Waals surface area contributed by atoms with Gasteiger partial charge >= 0.3 is 5.97 Å². The van der Waals surface area contributed by atoms with Gasteiger partial charge in [-0.05, 0) is 72.4 Å². The third kappa shape index (κ3) is 4.32. The number of benzene rings is 1. The molecule has 0 amide bonds. The molecule has 1 aliphatic rings. The summed E-state index contributed by atoms with van der Waals surface area (Å²) in [7, 11) is 0. The monoisotopic (exact) mass is 366 g/mol. The quantitative estimate of drug-likeness (QED) is 0.664. The Labute approximate surface area is 162 Å². The van der Waals surface area contributed by atoms with Gasteiger partial charge in [-0.25, -0.2) is 9.78 Å². The summed E-state index contributed by atoms with van der Waals surface area (Å²) in [5, 5.41) is 9.15. The van der Waals surface area contributed by atoms with Gasteiger partial charge in [-0.15, -0.1) is 0 Å². The van der Waals surface area contributed by atoms with Crippen LogP contribution in [-0.2, 0) is 0 Å². The Morgan fingerprint density at radius 3 is 2.41 bits per heavy atom. The van der Waals surface area contributed by atoms with Crippen molar-refractivity contribution < 1.29 is 9.90 Å². The number of aryl methyl sites for hydroxylation is 1. The van der Waals surface area contributed by atoms with Crippen LogP contribution in [-0.4, -0.2) is 22.6 Å². The minimum Gasteiger partial charge on any atom is -0.478 e. The Balaban J connectivity index is 2.06. The van der Waals surface area contributed by atoms with Crippen molar-refractivity contribution in [2.75, 3.05) is 11.4 Å². The lowest BCUT2D eigenvalue weighted by Crippen LogP contribution is -2.24. The van der Waals surface area contributed by atoms with Crippen LogP contribution in [0.2, 0.25) is 0 Å². The van der Waals surface area contributed by atoms with Crippen molar-refractivity contribution in [3.63, 3.8) is 0 Å². The third-order valence-electron chi connectivity index (χ3n) is 5.15. The van der Waals surface area contributed by atoms with Gasteiger partial charge in [-0.1, -0.05) is 33.8 Å². The summed E-state index contributed by atoms with van der Waals surface area (Å²) in [5.74, 6) is 1.50. The molecule has 0 radical (unpaired) electrons. The van der Waals surface area contributed by atoms with E-state index >= 15 is 0 Å². The van der Waals surface area contributed by atoms with Crippen LogP contribution in [0.4, 0.5) is 11.5 Å². The first-order valence-corrected chi connectivity index (χ1v) is 9.89. The van der Waals surface area contributed by atoms with Gasteiger partial charge in [0, 0.05) is 18.4 Å². The summed E-state index contributed by atoms with van der Waals surface area (Å²) < 4.78 is 0. The lowest BCUT2D eigenvalue weighted by molar-refractivity contribution is 0.0696. The fourth-order valence-electron chi connectivity index (χ4n) is 3.63. The van der Waals surface area contributed by atoms with E-state index in [2.05, 4.69) is 56.6 Å². The summed E-state index contributed by atoms with van der Waals surface area (Å²) in [6.07, 6.45) is 4.04. The molecule has 1 aromatic heterocycles. The van der Waals surface area contributed by atoms with Crippen molar-refractivity contribution in [3.8, 4) is 0 Å².